The molecule has 2 aromatic carbocycles. The van der Waals surface area contributed by atoms with E-state index in [4.69, 9.17) is 4.74 Å². The number of hydrogen-bond donors (Lipinski definition) is 2. The Morgan fingerprint density at radius 3 is 2.38 bits per heavy atom. The number of hydrogen-bond acceptors (Lipinski definition) is 4. The lowest BCUT2D eigenvalue weighted by Crippen LogP contribution is -2.39. The van der Waals surface area contributed by atoms with Crippen LogP contribution in [0.25, 0.3) is 0 Å². The van der Waals surface area contributed by atoms with Gasteiger partial charge in [0.1, 0.15) is 11.9 Å². The molecule has 2 atom stereocenters. The molecule has 0 spiro atoms. The molecule has 6 nitrogen and oxygen atoms in total. The molecule has 2 N–H and O–H groups in total. The molecule has 1 aliphatic rings. The van der Waals surface area contributed by atoms with Crippen LogP contribution in [0.15, 0.2) is 42.5 Å². The molecule has 0 unspecified atom stereocenters. The third-order valence-corrected chi connectivity index (χ3v) is 5.80. The van der Waals surface area contributed by atoms with Gasteiger partial charge >= 0.3 is 0 Å². The lowest BCUT2D eigenvalue weighted by atomic mass is 9.87. The number of halogens is 1. The molecule has 3 rings (SSSR count). The Morgan fingerprint density at radius 2 is 1.82 bits per heavy atom. The number of Topliss-reactive ketones (excluding diaryl/α,β-unsaturated/α-hetero) is 1. The van der Waals surface area contributed by atoms with Crippen LogP contribution < -0.4 is 10.6 Å². The van der Waals surface area contributed by atoms with Crippen LogP contribution in [0.1, 0.15) is 55.5 Å². The van der Waals surface area contributed by atoms with E-state index < -0.39 is 12.0 Å². The van der Waals surface area contributed by atoms with Crippen molar-refractivity contribution in [2.75, 3.05) is 13.7 Å². The lowest BCUT2D eigenvalue weighted by molar-refractivity contribution is -0.130. The largest absolute Gasteiger partial charge is 0.380 e. The maximum atomic E-state index is 14.7. The van der Waals surface area contributed by atoms with E-state index in [0.29, 0.717) is 29.7 Å². The van der Waals surface area contributed by atoms with Crippen LogP contribution in [-0.2, 0) is 38.6 Å². The Morgan fingerprint density at radius 1 is 1.15 bits per heavy atom. The first-order valence-electron chi connectivity index (χ1n) is 11.5. The number of carbonyl (C=O) groups is 3. The van der Waals surface area contributed by atoms with Gasteiger partial charge in [0.05, 0.1) is 12.5 Å². The van der Waals surface area contributed by atoms with Gasteiger partial charge in [-0.2, -0.15) is 0 Å². The molecule has 1 saturated heterocycles. The molecule has 1 aliphatic heterocycles. The fourth-order valence-corrected chi connectivity index (χ4v) is 4.09. The summed E-state index contributed by atoms with van der Waals surface area (Å²) < 4.78 is 19.8. The molecule has 2 aromatic rings. The van der Waals surface area contributed by atoms with Gasteiger partial charge in [-0.25, -0.2) is 4.39 Å². The van der Waals surface area contributed by atoms with Gasteiger partial charge in [0.25, 0.3) is 0 Å². The SMILES string of the molecule is COCc1ccc([C@@H](NC(=O)[C@@H]2CNC(=O)C2)C(=O)Cc2ccc(CC(C)(C)C)c(F)c2)cc1. The number of ketones is 1. The van der Waals surface area contributed by atoms with E-state index in [1.165, 1.54) is 6.07 Å². The monoisotopic (exact) mass is 468 g/mol. The Kier molecular flexibility index (Phi) is 8.20. The molecule has 1 heterocycles. The van der Waals surface area contributed by atoms with Gasteiger partial charge in [0.15, 0.2) is 5.78 Å². The molecule has 0 aromatic heterocycles. The van der Waals surface area contributed by atoms with Crippen LogP contribution in [0, 0.1) is 17.2 Å². The predicted octanol–water partition coefficient (Wildman–Crippen LogP) is 3.67. The van der Waals surface area contributed by atoms with Gasteiger partial charge in [-0.1, -0.05) is 57.2 Å². The van der Waals surface area contributed by atoms with Gasteiger partial charge < -0.3 is 15.4 Å². The summed E-state index contributed by atoms with van der Waals surface area (Å²) in [4.78, 5) is 37.6. The van der Waals surface area contributed by atoms with Crippen LogP contribution in [-0.4, -0.2) is 31.3 Å². The van der Waals surface area contributed by atoms with Crippen molar-refractivity contribution in [3.63, 3.8) is 0 Å². The lowest BCUT2D eigenvalue weighted by Gasteiger charge is -2.21. The van der Waals surface area contributed by atoms with E-state index in [2.05, 4.69) is 10.6 Å². The normalized spacial score (nSPS) is 16.7. The highest BCUT2D eigenvalue weighted by atomic mass is 19.1. The van der Waals surface area contributed by atoms with Gasteiger partial charge in [-0.3, -0.25) is 14.4 Å². The van der Waals surface area contributed by atoms with E-state index >= 15 is 0 Å². The fraction of sp³-hybridized carbons (Fsp3) is 0.444. The molecule has 0 saturated carbocycles. The number of methoxy groups -OCH3 is 1. The van der Waals surface area contributed by atoms with Gasteiger partial charge in [0, 0.05) is 26.5 Å². The molecule has 0 bridgehead atoms. The smallest absolute Gasteiger partial charge is 0.226 e. The number of nitrogens with one attached hydrogen (secondary N) is 2. The number of ether oxygens (including phenoxy) is 1. The van der Waals surface area contributed by atoms with Crippen molar-refractivity contribution in [3.8, 4) is 0 Å². The van der Waals surface area contributed by atoms with Crippen LogP contribution >= 0.6 is 0 Å². The zero-order chi connectivity index (χ0) is 24.9. The number of carbonyl (C=O) groups excluding carboxylic acids is 3. The summed E-state index contributed by atoms with van der Waals surface area (Å²) in [5.41, 5.74) is 2.67. The third kappa shape index (κ3) is 6.97. The quantitative estimate of drug-likeness (QED) is 0.588. The van der Waals surface area contributed by atoms with Crippen molar-refractivity contribution in [2.45, 2.75) is 52.7 Å². The Labute approximate surface area is 200 Å². The zero-order valence-electron chi connectivity index (χ0n) is 20.2. The summed E-state index contributed by atoms with van der Waals surface area (Å²) in [7, 11) is 1.60. The zero-order valence-corrected chi connectivity index (χ0v) is 20.2. The second-order valence-electron chi connectivity index (χ2n) is 10.1. The Balaban J connectivity index is 1.80. The highest BCUT2D eigenvalue weighted by Crippen LogP contribution is 2.24. The minimum absolute atomic E-state index is 0.0284. The molecule has 0 aliphatic carbocycles. The first-order chi connectivity index (χ1) is 16.1. The van der Waals surface area contributed by atoms with E-state index in [1.54, 1.807) is 31.4 Å². The number of rotatable bonds is 9. The highest BCUT2D eigenvalue weighted by Gasteiger charge is 2.31. The predicted molar refractivity (Wildman–Crippen MR) is 127 cm³/mol. The Bertz CT molecular complexity index is 1040. The van der Waals surface area contributed by atoms with Crippen LogP contribution in [0.2, 0.25) is 0 Å². The summed E-state index contributed by atoms with van der Waals surface area (Å²) in [6, 6.07) is 11.2. The summed E-state index contributed by atoms with van der Waals surface area (Å²) >= 11 is 0. The van der Waals surface area contributed by atoms with Crippen molar-refractivity contribution in [2.24, 2.45) is 11.3 Å². The molecule has 182 valence electrons. The third-order valence-electron chi connectivity index (χ3n) is 5.80. The number of amides is 2. The van der Waals surface area contributed by atoms with Crippen LogP contribution in [0.4, 0.5) is 4.39 Å². The molecule has 0 radical (unpaired) electrons. The van der Waals surface area contributed by atoms with E-state index in [9.17, 15) is 18.8 Å². The van der Waals surface area contributed by atoms with E-state index in [-0.39, 0.29) is 48.2 Å². The Hall–Kier alpha value is -3.06. The van der Waals surface area contributed by atoms with Crippen molar-refractivity contribution in [1.82, 2.24) is 10.6 Å². The maximum absolute atomic E-state index is 14.7. The van der Waals surface area contributed by atoms with E-state index in [1.807, 2.05) is 32.9 Å². The van der Waals surface area contributed by atoms with Crippen molar-refractivity contribution in [3.05, 3.63) is 70.5 Å². The summed E-state index contributed by atoms with van der Waals surface area (Å²) in [6.45, 7) is 6.81. The molecule has 34 heavy (non-hydrogen) atoms. The molecule has 1 fully saturated rings. The average molecular weight is 469 g/mol. The average Bonchev–Trinajstić information content (AvgIpc) is 3.20. The van der Waals surface area contributed by atoms with Gasteiger partial charge in [0.2, 0.25) is 11.8 Å². The molecule has 2 amide bonds. The minimum Gasteiger partial charge on any atom is -0.380 e. The van der Waals surface area contributed by atoms with Crippen molar-refractivity contribution >= 4 is 17.6 Å². The van der Waals surface area contributed by atoms with Crippen LogP contribution in [0.5, 0.6) is 0 Å². The maximum Gasteiger partial charge on any atom is 0.226 e. The van der Waals surface area contributed by atoms with Crippen LogP contribution in [0.3, 0.4) is 0 Å². The molecule has 7 heteroatoms. The second-order valence-corrected chi connectivity index (χ2v) is 10.1. The van der Waals surface area contributed by atoms with Gasteiger partial charge in [-0.05, 0) is 40.2 Å². The van der Waals surface area contributed by atoms with Gasteiger partial charge in [-0.15, -0.1) is 0 Å². The fourth-order valence-electron chi connectivity index (χ4n) is 4.09. The minimum atomic E-state index is -0.905. The first-order valence-corrected chi connectivity index (χ1v) is 11.5. The van der Waals surface area contributed by atoms with Crippen molar-refractivity contribution in [1.29, 1.82) is 0 Å². The van der Waals surface area contributed by atoms with E-state index in [0.717, 1.165) is 5.56 Å². The molecular formula is C27H33FN2O4. The molecular weight excluding hydrogens is 435 g/mol. The summed E-state index contributed by atoms with van der Waals surface area (Å²) in [5.74, 6) is -1.65. The second kappa shape index (κ2) is 10.9. The number of benzene rings is 2. The summed E-state index contributed by atoms with van der Waals surface area (Å²) in [6.07, 6.45) is 0.660. The summed E-state index contributed by atoms with van der Waals surface area (Å²) in [5, 5.41) is 5.46. The van der Waals surface area contributed by atoms with Crippen molar-refractivity contribution < 1.29 is 23.5 Å². The topological polar surface area (TPSA) is 84.5 Å². The highest BCUT2D eigenvalue weighted by molar-refractivity contribution is 5.94. The standard InChI is InChI=1S/C27H33FN2O4/c1-27(2,3)14-20-10-7-18(11-22(20)28)12-23(31)25(19-8-5-17(6-9-19)16-34-4)30-26(33)21-13-24(32)29-15-21/h5-11,21,25H,12-16H2,1-4H3,(H,29,32)(H,30,33)/t21-,25+/m0/s1. The first kappa shape index (κ1) is 25.6.